The van der Waals surface area contributed by atoms with E-state index in [0.717, 1.165) is 12.0 Å². The van der Waals surface area contributed by atoms with Gasteiger partial charge in [-0.25, -0.2) is 0 Å². The van der Waals surface area contributed by atoms with Crippen molar-refractivity contribution in [3.8, 4) is 0 Å². The van der Waals surface area contributed by atoms with Crippen LogP contribution < -0.4 is 5.73 Å². The fraction of sp³-hybridized carbons (Fsp3) is 0.118. The first kappa shape index (κ1) is 11.9. The van der Waals surface area contributed by atoms with Gasteiger partial charge >= 0.3 is 0 Å². The number of nitrogens with zero attached hydrogens (tertiary/aromatic N) is 1. The van der Waals surface area contributed by atoms with Gasteiger partial charge in [-0.1, -0.05) is 48.5 Å². The molecule has 0 saturated carbocycles. The Labute approximate surface area is 112 Å². The molecule has 2 heteroatoms. The quantitative estimate of drug-likeness (QED) is 0.770. The summed E-state index contributed by atoms with van der Waals surface area (Å²) >= 11 is 0. The van der Waals surface area contributed by atoms with Gasteiger partial charge in [0.15, 0.2) is 0 Å². The molecule has 2 nitrogen and oxygen atoms in total. The number of aromatic nitrogens is 1. The van der Waals surface area contributed by atoms with Crippen LogP contribution in [0.3, 0.4) is 0 Å². The number of nitrogens with two attached hydrogens (primary N) is 1. The topological polar surface area (TPSA) is 38.9 Å². The van der Waals surface area contributed by atoms with E-state index in [1.54, 1.807) is 6.20 Å². The average Bonchev–Trinajstić information content (AvgIpc) is 2.48. The maximum atomic E-state index is 6.23. The maximum Gasteiger partial charge on any atom is 0.0351 e. The molecule has 3 aromatic rings. The molecule has 0 radical (unpaired) electrons. The molecule has 1 unspecified atom stereocenters. The van der Waals surface area contributed by atoms with E-state index in [4.69, 9.17) is 5.73 Å². The molecule has 1 heterocycles. The first-order valence-corrected chi connectivity index (χ1v) is 6.46. The van der Waals surface area contributed by atoms with Crippen LogP contribution in [-0.2, 0) is 6.42 Å². The molecule has 0 aliphatic rings. The monoisotopic (exact) mass is 248 g/mol. The van der Waals surface area contributed by atoms with E-state index in [0.29, 0.717) is 0 Å². The zero-order valence-corrected chi connectivity index (χ0v) is 10.7. The largest absolute Gasteiger partial charge is 0.324 e. The second-order valence-electron chi connectivity index (χ2n) is 4.78. The Morgan fingerprint density at radius 3 is 2.58 bits per heavy atom. The molecular weight excluding hydrogens is 232 g/mol. The van der Waals surface area contributed by atoms with Crippen molar-refractivity contribution in [3.05, 3.63) is 78.1 Å². The Morgan fingerprint density at radius 1 is 0.947 bits per heavy atom. The summed E-state index contributed by atoms with van der Waals surface area (Å²) in [5.74, 6) is 0. The van der Waals surface area contributed by atoms with Gasteiger partial charge < -0.3 is 5.73 Å². The molecule has 0 saturated heterocycles. The van der Waals surface area contributed by atoms with E-state index in [9.17, 15) is 0 Å². The van der Waals surface area contributed by atoms with Gasteiger partial charge in [-0.3, -0.25) is 4.98 Å². The van der Waals surface area contributed by atoms with E-state index in [1.807, 2.05) is 18.3 Å². The van der Waals surface area contributed by atoms with E-state index in [1.165, 1.54) is 16.3 Å². The maximum absolute atomic E-state index is 6.23. The zero-order chi connectivity index (χ0) is 13.1. The van der Waals surface area contributed by atoms with Crippen LogP contribution in [0.5, 0.6) is 0 Å². The van der Waals surface area contributed by atoms with Crippen molar-refractivity contribution in [3.63, 3.8) is 0 Å². The number of hydrogen-bond acceptors (Lipinski definition) is 2. The summed E-state index contributed by atoms with van der Waals surface area (Å²) in [5.41, 5.74) is 8.57. The minimum absolute atomic E-state index is 0.00476. The number of benzene rings is 2. The van der Waals surface area contributed by atoms with Gasteiger partial charge in [-0.05, 0) is 34.4 Å². The molecule has 1 aromatic heterocycles. The molecule has 2 N–H and O–H groups in total. The van der Waals surface area contributed by atoms with Crippen molar-refractivity contribution < 1.29 is 0 Å². The van der Waals surface area contributed by atoms with Crippen LogP contribution in [0.2, 0.25) is 0 Å². The summed E-state index contributed by atoms with van der Waals surface area (Å²) in [6.07, 6.45) is 4.44. The summed E-state index contributed by atoms with van der Waals surface area (Å²) in [6, 6.07) is 18.8. The Kier molecular flexibility index (Phi) is 3.25. The number of rotatable bonds is 3. The third-order valence-electron chi connectivity index (χ3n) is 3.38. The van der Waals surface area contributed by atoms with Crippen molar-refractivity contribution in [2.45, 2.75) is 12.5 Å². The molecule has 3 rings (SSSR count). The van der Waals surface area contributed by atoms with Gasteiger partial charge in [0.25, 0.3) is 0 Å². The van der Waals surface area contributed by atoms with Crippen LogP contribution in [0.1, 0.15) is 17.2 Å². The standard InChI is InChI=1S/C17H16N2/c18-17(16-6-3-9-19-12-16)11-13-7-8-14-4-1-2-5-15(14)10-13/h1-10,12,17H,11,18H2. The minimum atomic E-state index is -0.00476. The second kappa shape index (κ2) is 5.21. The predicted molar refractivity (Wildman–Crippen MR) is 78.8 cm³/mol. The summed E-state index contributed by atoms with van der Waals surface area (Å²) in [7, 11) is 0. The third-order valence-corrected chi connectivity index (χ3v) is 3.38. The van der Waals surface area contributed by atoms with E-state index in [2.05, 4.69) is 47.4 Å². The molecular formula is C17H16N2. The molecule has 0 amide bonds. The molecule has 0 aliphatic carbocycles. The second-order valence-corrected chi connectivity index (χ2v) is 4.78. The Bertz CT molecular complexity index is 677. The van der Waals surface area contributed by atoms with Crippen molar-refractivity contribution in [2.24, 2.45) is 5.73 Å². The van der Waals surface area contributed by atoms with Gasteiger partial charge in [0, 0.05) is 18.4 Å². The summed E-state index contributed by atoms with van der Waals surface area (Å²) < 4.78 is 0. The molecule has 0 aliphatic heterocycles. The highest BCUT2D eigenvalue weighted by Crippen LogP contribution is 2.20. The molecule has 0 fully saturated rings. The fourth-order valence-electron chi connectivity index (χ4n) is 2.33. The Balaban J connectivity index is 1.85. The van der Waals surface area contributed by atoms with Gasteiger partial charge in [-0.2, -0.15) is 0 Å². The van der Waals surface area contributed by atoms with Gasteiger partial charge in [0.2, 0.25) is 0 Å². The molecule has 19 heavy (non-hydrogen) atoms. The smallest absolute Gasteiger partial charge is 0.0351 e. The van der Waals surface area contributed by atoms with Crippen LogP contribution in [-0.4, -0.2) is 4.98 Å². The highest BCUT2D eigenvalue weighted by Gasteiger charge is 2.07. The van der Waals surface area contributed by atoms with Gasteiger partial charge in [-0.15, -0.1) is 0 Å². The first-order chi connectivity index (χ1) is 9.33. The summed E-state index contributed by atoms with van der Waals surface area (Å²) in [4.78, 5) is 4.12. The number of pyridine rings is 1. The Morgan fingerprint density at radius 2 is 1.79 bits per heavy atom. The molecule has 94 valence electrons. The summed E-state index contributed by atoms with van der Waals surface area (Å²) in [6.45, 7) is 0. The van der Waals surface area contributed by atoms with Crippen molar-refractivity contribution in [2.75, 3.05) is 0 Å². The lowest BCUT2D eigenvalue weighted by atomic mass is 9.99. The van der Waals surface area contributed by atoms with E-state index < -0.39 is 0 Å². The minimum Gasteiger partial charge on any atom is -0.324 e. The third kappa shape index (κ3) is 2.64. The van der Waals surface area contributed by atoms with Crippen molar-refractivity contribution in [1.29, 1.82) is 0 Å². The normalized spacial score (nSPS) is 12.5. The Hall–Kier alpha value is -2.19. The highest BCUT2D eigenvalue weighted by atomic mass is 14.7. The molecule has 2 aromatic carbocycles. The van der Waals surface area contributed by atoms with Crippen LogP contribution in [0.25, 0.3) is 10.8 Å². The highest BCUT2D eigenvalue weighted by molar-refractivity contribution is 5.83. The van der Waals surface area contributed by atoms with E-state index in [-0.39, 0.29) is 6.04 Å². The van der Waals surface area contributed by atoms with Crippen LogP contribution in [0.15, 0.2) is 67.0 Å². The fourth-order valence-corrected chi connectivity index (χ4v) is 2.33. The molecule has 0 spiro atoms. The zero-order valence-electron chi connectivity index (χ0n) is 10.7. The van der Waals surface area contributed by atoms with Crippen LogP contribution in [0, 0.1) is 0 Å². The van der Waals surface area contributed by atoms with Gasteiger partial charge in [0.1, 0.15) is 0 Å². The predicted octanol–water partition coefficient (Wildman–Crippen LogP) is 3.48. The van der Waals surface area contributed by atoms with E-state index >= 15 is 0 Å². The molecule has 0 bridgehead atoms. The molecule has 1 atom stereocenters. The SMILES string of the molecule is NC(Cc1ccc2ccccc2c1)c1cccnc1. The lowest BCUT2D eigenvalue weighted by Gasteiger charge is -2.12. The summed E-state index contributed by atoms with van der Waals surface area (Å²) in [5, 5.41) is 2.53. The van der Waals surface area contributed by atoms with Crippen LogP contribution >= 0.6 is 0 Å². The number of hydrogen-bond donors (Lipinski definition) is 1. The lowest BCUT2D eigenvalue weighted by Crippen LogP contribution is -2.13. The number of fused-ring (bicyclic) bond motifs is 1. The van der Waals surface area contributed by atoms with Gasteiger partial charge in [0.05, 0.1) is 0 Å². The average molecular weight is 248 g/mol. The lowest BCUT2D eigenvalue weighted by molar-refractivity contribution is 0.718. The first-order valence-electron chi connectivity index (χ1n) is 6.46. The van der Waals surface area contributed by atoms with Crippen molar-refractivity contribution in [1.82, 2.24) is 4.98 Å². The van der Waals surface area contributed by atoms with Crippen LogP contribution in [0.4, 0.5) is 0 Å². The van der Waals surface area contributed by atoms with Crippen molar-refractivity contribution >= 4 is 10.8 Å².